The van der Waals surface area contributed by atoms with Gasteiger partial charge in [-0.25, -0.2) is 23.1 Å². The molecule has 4 aromatic heterocycles. The standard InChI is InChI=1S/C44H52F2N12O4/c1-44(2)17-6-19-55(44)35-16-20-56-40(49-35)31(25-47-56)41(60)48-32-27-57(51-37(32)39(45)46)30-12-10-28(11-13-30)26-54-23-21-53(22-24-54)18-5-8-29-7-4-9-33-38(29)52(3)43(62)58(33)34-14-15-36(59)50-42(34)61/h4,7,9,16,20,25,27-28,30,34,39H,6,10-15,17-19,21-24,26H2,1-3H3,(H,48,60)(H,50,59,61). The zero-order valence-electron chi connectivity index (χ0n) is 35.3. The van der Waals surface area contributed by atoms with E-state index in [1.54, 1.807) is 24.1 Å². The van der Waals surface area contributed by atoms with Gasteiger partial charge in [0.1, 0.15) is 17.4 Å². The minimum Gasteiger partial charge on any atom is -0.351 e. The molecule has 0 bridgehead atoms. The third-order valence-electron chi connectivity index (χ3n) is 13.3. The molecule has 16 nitrogen and oxygen atoms in total. The van der Waals surface area contributed by atoms with E-state index >= 15 is 0 Å². The van der Waals surface area contributed by atoms with Crippen molar-refractivity contribution in [2.75, 3.05) is 56.0 Å². The van der Waals surface area contributed by atoms with Crippen LogP contribution in [0.3, 0.4) is 0 Å². The Morgan fingerprint density at radius 3 is 2.52 bits per heavy atom. The maximum atomic E-state index is 14.3. The number of imide groups is 1. The van der Waals surface area contributed by atoms with Gasteiger partial charge in [-0.2, -0.15) is 10.2 Å². The van der Waals surface area contributed by atoms with Gasteiger partial charge < -0.3 is 15.1 Å². The number of alkyl halides is 2. The summed E-state index contributed by atoms with van der Waals surface area (Å²) < 4.78 is 34.7. The quantitative estimate of drug-likeness (QED) is 0.160. The molecular formula is C44H52F2N12O4. The number of piperidine rings is 1. The first-order valence-electron chi connectivity index (χ1n) is 21.6. The van der Waals surface area contributed by atoms with Gasteiger partial charge in [0.2, 0.25) is 11.8 Å². The van der Waals surface area contributed by atoms with Crippen LogP contribution in [0.2, 0.25) is 0 Å². The van der Waals surface area contributed by atoms with Crippen molar-refractivity contribution < 1.29 is 23.2 Å². The van der Waals surface area contributed by atoms with E-state index in [1.807, 2.05) is 24.3 Å². The fraction of sp³-hybridized carbons (Fsp3) is 0.523. The minimum absolute atomic E-state index is 0.00240. The Labute approximate surface area is 357 Å². The smallest absolute Gasteiger partial charge is 0.329 e. The van der Waals surface area contributed by atoms with Crippen molar-refractivity contribution >= 4 is 45.9 Å². The van der Waals surface area contributed by atoms with E-state index in [1.165, 1.54) is 19.8 Å². The Morgan fingerprint density at radius 2 is 1.79 bits per heavy atom. The number of piperazine rings is 1. The lowest BCUT2D eigenvalue weighted by Gasteiger charge is -2.37. The van der Waals surface area contributed by atoms with Gasteiger partial charge in [-0.15, -0.1) is 0 Å². The molecule has 2 N–H and O–H groups in total. The number of amides is 3. The molecule has 3 saturated heterocycles. The van der Waals surface area contributed by atoms with Gasteiger partial charge in [-0.05, 0) is 82.9 Å². The summed E-state index contributed by atoms with van der Waals surface area (Å²) in [5.74, 6) is 6.45. The lowest BCUT2D eigenvalue weighted by atomic mass is 9.85. The number of carbonyl (C=O) groups excluding carboxylic acids is 3. The van der Waals surface area contributed by atoms with Crippen molar-refractivity contribution in [1.29, 1.82) is 0 Å². The van der Waals surface area contributed by atoms with E-state index in [0.29, 0.717) is 34.7 Å². The zero-order valence-corrected chi connectivity index (χ0v) is 35.3. The van der Waals surface area contributed by atoms with E-state index in [-0.39, 0.29) is 47.3 Å². The van der Waals surface area contributed by atoms with Crippen molar-refractivity contribution in [3.63, 3.8) is 0 Å². The maximum Gasteiger partial charge on any atom is 0.329 e. The van der Waals surface area contributed by atoms with Gasteiger partial charge >= 0.3 is 5.69 Å². The highest BCUT2D eigenvalue weighted by Crippen LogP contribution is 2.36. The summed E-state index contributed by atoms with van der Waals surface area (Å²) in [5, 5.41) is 13.6. The molecule has 4 aliphatic rings. The van der Waals surface area contributed by atoms with Gasteiger partial charge in [0.25, 0.3) is 12.3 Å². The number of rotatable bonds is 9. The highest BCUT2D eigenvalue weighted by Gasteiger charge is 2.35. The van der Waals surface area contributed by atoms with Crippen LogP contribution in [0.4, 0.5) is 20.3 Å². The van der Waals surface area contributed by atoms with Crippen LogP contribution in [0.15, 0.2) is 47.7 Å². The van der Waals surface area contributed by atoms with E-state index in [2.05, 4.69) is 61.2 Å². The fourth-order valence-corrected chi connectivity index (χ4v) is 9.84. The topological polar surface area (TPSA) is 160 Å². The maximum absolute atomic E-state index is 14.3. The van der Waals surface area contributed by atoms with E-state index in [0.717, 1.165) is 83.6 Å². The molecule has 4 fully saturated rings. The molecule has 3 amide bonds. The highest BCUT2D eigenvalue weighted by atomic mass is 19.3. The van der Waals surface area contributed by atoms with Crippen LogP contribution in [0.5, 0.6) is 0 Å². The summed E-state index contributed by atoms with van der Waals surface area (Å²) in [6.07, 6.45) is 7.92. The zero-order chi connectivity index (χ0) is 43.3. The van der Waals surface area contributed by atoms with Crippen LogP contribution in [-0.4, -0.2) is 112 Å². The number of imidazole rings is 1. The van der Waals surface area contributed by atoms with Gasteiger partial charge in [-0.1, -0.05) is 17.9 Å². The highest BCUT2D eigenvalue weighted by molar-refractivity contribution is 6.08. The molecule has 18 heteroatoms. The first-order chi connectivity index (χ1) is 29.8. The predicted molar refractivity (Wildman–Crippen MR) is 228 cm³/mol. The molecular weight excluding hydrogens is 799 g/mol. The lowest BCUT2D eigenvalue weighted by Crippen LogP contribution is -2.48. The lowest BCUT2D eigenvalue weighted by molar-refractivity contribution is -0.135. The molecule has 1 unspecified atom stereocenters. The summed E-state index contributed by atoms with van der Waals surface area (Å²) in [6, 6.07) is 6.61. The van der Waals surface area contributed by atoms with E-state index < -0.39 is 30.0 Å². The largest absolute Gasteiger partial charge is 0.351 e. The Bertz CT molecular complexity index is 2650. The molecule has 3 aliphatic heterocycles. The number of benzene rings is 1. The number of hydrogen-bond acceptors (Lipinski definition) is 10. The SMILES string of the molecule is Cn1c(=O)n(C2CCC(=O)NC2=O)c2cccc(C#CCN3CCN(CC4CCC(n5cc(NC(=O)c6cnn7ccc(N8CCCC8(C)C)nc67)c(C(F)F)n5)CC4)CC3)c21. The summed E-state index contributed by atoms with van der Waals surface area (Å²) in [6.45, 7) is 10.3. The van der Waals surface area contributed by atoms with Gasteiger partial charge in [0, 0.05) is 70.7 Å². The molecule has 0 radical (unpaired) electrons. The number of halogens is 2. The summed E-state index contributed by atoms with van der Waals surface area (Å²) in [5.41, 5.74) is 1.72. The normalized spacial score (nSPS) is 22.4. The summed E-state index contributed by atoms with van der Waals surface area (Å²) in [7, 11) is 1.68. The third kappa shape index (κ3) is 7.99. The molecule has 1 saturated carbocycles. The van der Waals surface area contributed by atoms with Gasteiger partial charge in [-0.3, -0.25) is 38.4 Å². The molecule has 1 atom stereocenters. The molecule has 1 aromatic carbocycles. The van der Waals surface area contributed by atoms with Crippen LogP contribution < -0.4 is 21.2 Å². The number of fused-ring (bicyclic) bond motifs is 2. The van der Waals surface area contributed by atoms with Crippen molar-refractivity contribution in [3.8, 4) is 11.8 Å². The van der Waals surface area contributed by atoms with Gasteiger partial charge in [0.15, 0.2) is 11.3 Å². The van der Waals surface area contributed by atoms with Crippen molar-refractivity contribution in [1.82, 2.24) is 48.6 Å². The number of carbonyl (C=O) groups is 3. The van der Waals surface area contributed by atoms with Crippen molar-refractivity contribution in [2.24, 2.45) is 13.0 Å². The first-order valence-corrected chi connectivity index (χ1v) is 21.6. The Balaban J connectivity index is 0.773. The van der Waals surface area contributed by atoms with Crippen LogP contribution in [-0.2, 0) is 16.6 Å². The second kappa shape index (κ2) is 16.7. The van der Waals surface area contributed by atoms with E-state index in [9.17, 15) is 28.0 Å². The third-order valence-corrected chi connectivity index (χ3v) is 13.3. The molecule has 5 aromatic rings. The van der Waals surface area contributed by atoms with Crippen molar-refractivity contribution in [2.45, 2.75) is 89.3 Å². The number of hydrogen-bond donors (Lipinski definition) is 2. The Morgan fingerprint density at radius 1 is 1.02 bits per heavy atom. The minimum atomic E-state index is -2.86. The molecule has 9 rings (SSSR count). The average molecular weight is 851 g/mol. The number of aryl methyl sites for hydroxylation is 1. The van der Waals surface area contributed by atoms with Crippen LogP contribution >= 0.6 is 0 Å². The fourth-order valence-electron chi connectivity index (χ4n) is 9.84. The molecule has 0 spiro atoms. The second-order valence-electron chi connectivity index (χ2n) is 17.7. The number of aromatic nitrogens is 7. The molecule has 7 heterocycles. The van der Waals surface area contributed by atoms with Crippen LogP contribution in [0, 0.1) is 17.8 Å². The Kier molecular flexibility index (Phi) is 11.2. The van der Waals surface area contributed by atoms with Crippen LogP contribution in [0.25, 0.3) is 16.7 Å². The summed E-state index contributed by atoms with van der Waals surface area (Å²) >= 11 is 0. The number of anilines is 2. The van der Waals surface area contributed by atoms with Crippen molar-refractivity contribution in [3.05, 3.63) is 70.2 Å². The second-order valence-corrected chi connectivity index (χ2v) is 17.7. The predicted octanol–water partition coefficient (Wildman–Crippen LogP) is 4.53. The van der Waals surface area contributed by atoms with Gasteiger partial charge in [0.05, 0.1) is 41.1 Å². The van der Waals surface area contributed by atoms with Crippen LogP contribution in [0.1, 0.15) is 105 Å². The average Bonchev–Trinajstić information content (AvgIpc) is 4.02. The number of nitrogens with one attached hydrogen (secondary N) is 2. The first kappa shape index (κ1) is 41.4. The van der Waals surface area contributed by atoms with E-state index in [4.69, 9.17) is 4.98 Å². The summed E-state index contributed by atoms with van der Waals surface area (Å²) in [4.78, 5) is 63.0. The molecule has 62 heavy (non-hydrogen) atoms. The molecule has 326 valence electrons. The molecule has 1 aliphatic carbocycles. The monoisotopic (exact) mass is 850 g/mol. The number of para-hydroxylation sites is 1. The Hall–Kier alpha value is -5.93. The number of nitrogens with zero attached hydrogens (tertiary/aromatic N) is 10.